The second kappa shape index (κ2) is 4.96. The summed E-state index contributed by atoms with van der Waals surface area (Å²) in [5.74, 6) is 2.25. The first-order valence-electron chi connectivity index (χ1n) is 7.25. The number of nitrogens with zero attached hydrogens (tertiary/aromatic N) is 3. The molecule has 3 rings (SSSR count). The Morgan fingerprint density at radius 1 is 1.21 bits per heavy atom. The smallest absolute Gasteiger partial charge is 0.134 e. The van der Waals surface area contributed by atoms with Gasteiger partial charge in [-0.2, -0.15) is 0 Å². The second-order valence-corrected chi connectivity index (χ2v) is 5.83. The van der Waals surface area contributed by atoms with Crippen molar-refractivity contribution in [3.63, 3.8) is 0 Å². The third-order valence-electron chi connectivity index (χ3n) is 4.46. The van der Waals surface area contributed by atoms with Crippen LogP contribution in [0.15, 0.2) is 0 Å². The van der Waals surface area contributed by atoms with Gasteiger partial charge in [-0.15, -0.1) is 0 Å². The molecule has 2 aliphatic heterocycles. The van der Waals surface area contributed by atoms with Crippen molar-refractivity contribution in [3.05, 3.63) is 11.4 Å². The fourth-order valence-corrected chi connectivity index (χ4v) is 3.34. The van der Waals surface area contributed by atoms with Crippen LogP contribution in [0, 0.1) is 13.8 Å². The van der Waals surface area contributed by atoms with Gasteiger partial charge in [-0.05, 0) is 46.1 Å². The molecule has 0 aliphatic carbocycles. The number of anilines is 2. The van der Waals surface area contributed by atoms with Crippen LogP contribution in [-0.4, -0.2) is 40.0 Å². The third kappa shape index (κ3) is 2.52. The van der Waals surface area contributed by atoms with Crippen LogP contribution in [0.5, 0.6) is 0 Å². The zero-order chi connectivity index (χ0) is 13.4. The fourth-order valence-electron chi connectivity index (χ4n) is 3.34. The molecule has 2 saturated heterocycles. The van der Waals surface area contributed by atoms with Crippen LogP contribution in [0.25, 0.3) is 0 Å². The third-order valence-corrected chi connectivity index (χ3v) is 4.46. The zero-order valence-electron chi connectivity index (χ0n) is 11.8. The Hall–Kier alpha value is -1.36. The van der Waals surface area contributed by atoms with Crippen molar-refractivity contribution in [1.82, 2.24) is 14.9 Å². The van der Waals surface area contributed by atoms with Gasteiger partial charge >= 0.3 is 0 Å². The SMILES string of the molecule is Cc1nc(N)c(C)c(NC2CCN3CCCC3C2)n1. The average Bonchev–Trinajstić information content (AvgIpc) is 2.82. The minimum absolute atomic E-state index is 0.520. The molecule has 1 aromatic rings. The zero-order valence-corrected chi connectivity index (χ0v) is 11.8. The van der Waals surface area contributed by atoms with Crippen molar-refractivity contribution in [3.8, 4) is 0 Å². The minimum Gasteiger partial charge on any atom is -0.383 e. The largest absolute Gasteiger partial charge is 0.383 e. The summed E-state index contributed by atoms with van der Waals surface area (Å²) >= 11 is 0. The predicted molar refractivity (Wildman–Crippen MR) is 77.2 cm³/mol. The van der Waals surface area contributed by atoms with E-state index >= 15 is 0 Å². The lowest BCUT2D eigenvalue weighted by molar-refractivity contribution is 0.188. The Balaban J connectivity index is 1.71. The van der Waals surface area contributed by atoms with Gasteiger partial charge in [-0.3, -0.25) is 0 Å². The number of rotatable bonds is 2. The van der Waals surface area contributed by atoms with E-state index in [2.05, 4.69) is 20.2 Å². The Labute approximate surface area is 114 Å². The molecule has 0 radical (unpaired) electrons. The van der Waals surface area contributed by atoms with Crippen LogP contribution in [0.1, 0.15) is 37.1 Å². The van der Waals surface area contributed by atoms with Crippen molar-refractivity contribution < 1.29 is 0 Å². The number of nitrogen functional groups attached to an aromatic ring is 1. The predicted octanol–water partition coefficient (Wildman–Crippen LogP) is 1.71. The highest BCUT2D eigenvalue weighted by atomic mass is 15.2. The minimum atomic E-state index is 0.520. The lowest BCUT2D eigenvalue weighted by atomic mass is 9.97. The maximum atomic E-state index is 5.91. The topological polar surface area (TPSA) is 67.1 Å². The summed E-state index contributed by atoms with van der Waals surface area (Å²) in [5, 5.41) is 3.59. The summed E-state index contributed by atoms with van der Waals surface area (Å²) in [5.41, 5.74) is 6.88. The van der Waals surface area contributed by atoms with Crippen LogP contribution in [-0.2, 0) is 0 Å². The van der Waals surface area contributed by atoms with Crippen LogP contribution in [0.4, 0.5) is 11.6 Å². The molecule has 2 unspecified atom stereocenters. The Morgan fingerprint density at radius 2 is 2.05 bits per heavy atom. The average molecular weight is 261 g/mol. The van der Waals surface area contributed by atoms with Gasteiger partial charge in [0.1, 0.15) is 17.5 Å². The number of aromatic nitrogens is 2. The van der Waals surface area contributed by atoms with Gasteiger partial charge in [-0.25, -0.2) is 9.97 Å². The normalized spacial score (nSPS) is 27.3. The van der Waals surface area contributed by atoms with Gasteiger partial charge in [-0.1, -0.05) is 0 Å². The summed E-state index contributed by atoms with van der Waals surface area (Å²) in [4.78, 5) is 11.3. The van der Waals surface area contributed by atoms with Gasteiger partial charge < -0.3 is 16.0 Å². The molecule has 5 nitrogen and oxygen atoms in total. The van der Waals surface area contributed by atoms with Crippen molar-refractivity contribution in [2.24, 2.45) is 0 Å². The van der Waals surface area contributed by atoms with Crippen molar-refractivity contribution in [2.75, 3.05) is 24.1 Å². The summed E-state index contributed by atoms with van der Waals surface area (Å²) in [6, 6.07) is 1.29. The van der Waals surface area contributed by atoms with E-state index in [1.165, 1.54) is 38.8 Å². The van der Waals surface area contributed by atoms with E-state index < -0.39 is 0 Å². The summed E-state index contributed by atoms with van der Waals surface area (Å²) < 4.78 is 0. The summed E-state index contributed by atoms with van der Waals surface area (Å²) in [6.45, 7) is 6.37. The highest BCUT2D eigenvalue weighted by Gasteiger charge is 2.31. The van der Waals surface area contributed by atoms with Crippen LogP contribution >= 0.6 is 0 Å². The quantitative estimate of drug-likeness (QED) is 0.848. The maximum Gasteiger partial charge on any atom is 0.134 e. The first kappa shape index (κ1) is 12.7. The van der Waals surface area contributed by atoms with Gasteiger partial charge in [0.15, 0.2) is 0 Å². The highest BCUT2D eigenvalue weighted by molar-refractivity contribution is 5.55. The molecular weight excluding hydrogens is 238 g/mol. The molecular formula is C14H23N5. The molecule has 0 saturated carbocycles. The van der Waals surface area contributed by atoms with Crippen LogP contribution in [0.2, 0.25) is 0 Å². The first-order chi connectivity index (χ1) is 9.13. The summed E-state index contributed by atoms with van der Waals surface area (Å²) in [6.07, 6.45) is 5.12. The monoisotopic (exact) mass is 261 g/mol. The molecule has 3 N–H and O–H groups in total. The standard InChI is InChI=1S/C14H23N5/c1-9-13(15)16-10(2)17-14(9)18-11-5-7-19-6-3-4-12(19)8-11/h11-12H,3-8H2,1-2H3,(H3,15,16,17,18). The first-order valence-corrected chi connectivity index (χ1v) is 7.25. The molecule has 2 aliphatic rings. The number of fused-ring (bicyclic) bond motifs is 1. The Kier molecular flexibility index (Phi) is 3.31. The number of piperidine rings is 1. The molecule has 0 spiro atoms. The summed E-state index contributed by atoms with van der Waals surface area (Å²) in [7, 11) is 0. The lowest BCUT2D eigenvalue weighted by Gasteiger charge is -2.35. The second-order valence-electron chi connectivity index (χ2n) is 5.83. The lowest BCUT2D eigenvalue weighted by Crippen LogP contribution is -2.43. The molecule has 2 atom stereocenters. The Morgan fingerprint density at radius 3 is 2.89 bits per heavy atom. The Bertz CT molecular complexity index is 473. The molecule has 0 bridgehead atoms. The van der Waals surface area contributed by atoms with E-state index in [1.807, 2.05) is 13.8 Å². The van der Waals surface area contributed by atoms with Crippen molar-refractivity contribution in [2.45, 2.75) is 51.6 Å². The molecule has 3 heterocycles. The molecule has 104 valence electrons. The van der Waals surface area contributed by atoms with E-state index in [9.17, 15) is 0 Å². The molecule has 0 amide bonds. The van der Waals surface area contributed by atoms with Crippen molar-refractivity contribution in [1.29, 1.82) is 0 Å². The van der Waals surface area contributed by atoms with E-state index in [0.29, 0.717) is 11.9 Å². The molecule has 19 heavy (non-hydrogen) atoms. The fraction of sp³-hybridized carbons (Fsp3) is 0.714. The van der Waals surface area contributed by atoms with Gasteiger partial charge in [0.05, 0.1) is 0 Å². The van der Waals surface area contributed by atoms with Crippen LogP contribution in [0.3, 0.4) is 0 Å². The van der Waals surface area contributed by atoms with E-state index in [-0.39, 0.29) is 0 Å². The highest BCUT2D eigenvalue weighted by Crippen LogP contribution is 2.29. The molecule has 0 aromatic carbocycles. The number of aryl methyl sites for hydroxylation is 1. The van der Waals surface area contributed by atoms with E-state index in [0.717, 1.165) is 23.2 Å². The van der Waals surface area contributed by atoms with Crippen molar-refractivity contribution >= 4 is 11.6 Å². The van der Waals surface area contributed by atoms with Crippen LogP contribution < -0.4 is 11.1 Å². The molecule has 2 fully saturated rings. The number of hydrogen-bond donors (Lipinski definition) is 2. The molecule has 5 heteroatoms. The number of hydrogen-bond acceptors (Lipinski definition) is 5. The maximum absolute atomic E-state index is 5.91. The van der Waals surface area contributed by atoms with E-state index in [4.69, 9.17) is 5.73 Å². The molecule has 1 aromatic heterocycles. The van der Waals surface area contributed by atoms with E-state index in [1.54, 1.807) is 0 Å². The number of nitrogens with two attached hydrogens (primary N) is 1. The van der Waals surface area contributed by atoms with Gasteiger partial charge in [0.25, 0.3) is 0 Å². The van der Waals surface area contributed by atoms with Gasteiger partial charge in [0.2, 0.25) is 0 Å². The number of nitrogens with one attached hydrogen (secondary N) is 1. The van der Waals surface area contributed by atoms with Gasteiger partial charge in [0, 0.05) is 24.2 Å².